The van der Waals surface area contributed by atoms with Crippen molar-refractivity contribution in [1.82, 2.24) is 9.80 Å². The molecule has 0 aromatic carbocycles. The van der Waals surface area contributed by atoms with Crippen LogP contribution < -0.4 is 22.9 Å². The van der Waals surface area contributed by atoms with Gasteiger partial charge < -0.3 is 43.4 Å². The zero-order chi connectivity index (χ0) is 22.9. The highest BCUT2D eigenvalue weighted by Crippen LogP contribution is 2.26. The lowest BCUT2D eigenvalue weighted by molar-refractivity contribution is -0.231. The summed E-state index contributed by atoms with van der Waals surface area (Å²) in [6.07, 6.45) is 0. The summed E-state index contributed by atoms with van der Waals surface area (Å²) in [4.78, 5) is 47.2. The van der Waals surface area contributed by atoms with Crippen LogP contribution in [0.2, 0.25) is 0 Å². The van der Waals surface area contributed by atoms with Crippen molar-refractivity contribution in [2.24, 2.45) is 22.9 Å². The summed E-state index contributed by atoms with van der Waals surface area (Å²) in [5.41, 5.74) is 9.75. The average Bonchev–Trinajstić information content (AvgIpc) is 2.49. The van der Waals surface area contributed by atoms with E-state index in [1.54, 1.807) is 0 Å². The standard InChI is InChI=1S/C14H28N6O8/c1-11(25,7(15)21)19(12(2,26)8(16)22)5-6-20(13(3,27)9(17)23)14(4,28)10(18)24/h25-28H,5-6H2,1-4H3,(H2,15,21)(H2,16,22)(H2,17,23)(H2,18,24). The minimum Gasteiger partial charge on any atom is -0.367 e. The van der Waals surface area contributed by atoms with Crippen molar-refractivity contribution in [2.45, 2.75) is 50.6 Å². The number of nitrogens with two attached hydrogens (primary N) is 4. The van der Waals surface area contributed by atoms with E-state index < -0.39 is 59.6 Å². The Morgan fingerprint density at radius 2 is 0.714 bits per heavy atom. The number of rotatable bonds is 11. The first-order chi connectivity index (χ1) is 12.2. The van der Waals surface area contributed by atoms with Gasteiger partial charge in [0.15, 0.2) is 22.9 Å². The van der Waals surface area contributed by atoms with Crippen molar-refractivity contribution in [1.29, 1.82) is 0 Å². The van der Waals surface area contributed by atoms with Crippen LogP contribution in [0.3, 0.4) is 0 Å². The normalized spacial score (nSPS) is 20.5. The molecule has 162 valence electrons. The summed E-state index contributed by atoms with van der Waals surface area (Å²) < 4.78 is 0. The molecule has 0 aromatic rings. The van der Waals surface area contributed by atoms with Gasteiger partial charge in [0.05, 0.1) is 0 Å². The maximum absolute atomic E-state index is 11.6. The maximum Gasteiger partial charge on any atom is 0.264 e. The molecule has 0 aliphatic carbocycles. The van der Waals surface area contributed by atoms with Crippen molar-refractivity contribution in [3.63, 3.8) is 0 Å². The minimum absolute atomic E-state index is 0.436. The molecule has 12 N–H and O–H groups in total. The van der Waals surface area contributed by atoms with Gasteiger partial charge in [-0.2, -0.15) is 0 Å². The predicted molar refractivity (Wildman–Crippen MR) is 92.7 cm³/mol. The number of hydrogen-bond donors (Lipinski definition) is 8. The molecule has 0 aliphatic rings. The Balaban J connectivity index is 6.23. The van der Waals surface area contributed by atoms with Crippen molar-refractivity contribution in [2.75, 3.05) is 13.1 Å². The Morgan fingerprint density at radius 1 is 0.571 bits per heavy atom. The Labute approximate surface area is 160 Å². The number of hydrogen-bond acceptors (Lipinski definition) is 10. The van der Waals surface area contributed by atoms with E-state index in [1.165, 1.54) is 0 Å². The lowest BCUT2D eigenvalue weighted by Crippen LogP contribution is -2.72. The van der Waals surface area contributed by atoms with Crippen molar-refractivity contribution >= 4 is 23.6 Å². The van der Waals surface area contributed by atoms with Crippen molar-refractivity contribution in [3.8, 4) is 0 Å². The third kappa shape index (κ3) is 4.73. The van der Waals surface area contributed by atoms with Gasteiger partial charge in [0, 0.05) is 13.1 Å². The van der Waals surface area contributed by atoms with Crippen LogP contribution in [0, 0.1) is 0 Å². The largest absolute Gasteiger partial charge is 0.367 e. The topological polar surface area (TPSA) is 260 Å². The van der Waals surface area contributed by atoms with Crippen LogP contribution in [0.1, 0.15) is 27.7 Å². The SMILES string of the molecule is CC(O)(C(N)=O)N(CCN(C(C)(O)C(N)=O)C(C)(O)C(N)=O)C(C)(O)C(N)=O. The molecule has 4 amide bonds. The highest BCUT2D eigenvalue weighted by molar-refractivity contribution is 5.87. The van der Waals surface area contributed by atoms with E-state index in [1.807, 2.05) is 0 Å². The summed E-state index contributed by atoms with van der Waals surface area (Å²) in [5.74, 6) is -5.54. The molecule has 0 bridgehead atoms. The quantitative estimate of drug-likeness (QED) is 0.150. The van der Waals surface area contributed by atoms with E-state index >= 15 is 0 Å². The van der Waals surface area contributed by atoms with Crippen LogP contribution in [-0.2, 0) is 19.2 Å². The van der Waals surface area contributed by atoms with Gasteiger partial charge in [-0.1, -0.05) is 0 Å². The fraction of sp³-hybridized carbons (Fsp3) is 0.714. The molecule has 0 rings (SSSR count). The van der Waals surface area contributed by atoms with Crippen molar-refractivity contribution in [3.05, 3.63) is 0 Å². The second-order valence-corrected chi connectivity index (χ2v) is 6.84. The Bertz CT molecular complexity index is 552. The molecule has 28 heavy (non-hydrogen) atoms. The number of nitrogens with zero attached hydrogens (tertiary/aromatic N) is 2. The summed E-state index contributed by atoms with van der Waals surface area (Å²) in [6.45, 7) is 1.90. The van der Waals surface area contributed by atoms with Crippen LogP contribution in [0.25, 0.3) is 0 Å². The summed E-state index contributed by atoms with van der Waals surface area (Å²) in [6, 6.07) is 0. The highest BCUT2D eigenvalue weighted by Gasteiger charge is 2.52. The number of carbonyl (C=O) groups is 4. The lowest BCUT2D eigenvalue weighted by Gasteiger charge is -2.46. The van der Waals surface area contributed by atoms with Crippen LogP contribution in [0.4, 0.5) is 0 Å². The van der Waals surface area contributed by atoms with Gasteiger partial charge in [-0.05, 0) is 27.7 Å². The van der Waals surface area contributed by atoms with Gasteiger partial charge in [-0.3, -0.25) is 19.2 Å². The third-order valence-corrected chi connectivity index (χ3v) is 4.52. The molecular formula is C14H28N6O8. The molecule has 0 spiro atoms. The molecule has 0 aromatic heterocycles. The van der Waals surface area contributed by atoms with Gasteiger partial charge in [-0.15, -0.1) is 0 Å². The van der Waals surface area contributed by atoms with Crippen LogP contribution in [-0.4, -0.2) is 89.8 Å². The number of carbonyl (C=O) groups excluding carboxylic acids is 4. The van der Waals surface area contributed by atoms with Gasteiger partial charge >= 0.3 is 0 Å². The van der Waals surface area contributed by atoms with Gasteiger partial charge in [0.1, 0.15) is 0 Å². The van der Waals surface area contributed by atoms with E-state index in [4.69, 9.17) is 22.9 Å². The highest BCUT2D eigenvalue weighted by atomic mass is 16.4. The molecule has 0 saturated carbocycles. The molecule has 0 aliphatic heterocycles. The smallest absolute Gasteiger partial charge is 0.264 e. The third-order valence-electron chi connectivity index (χ3n) is 4.52. The van der Waals surface area contributed by atoms with Crippen LogP contribution in [0.15, 0.2) is 0 Å². The minimum atomic E-state index is -2.65. The van der Waals surface area contributed by atoms with Gasteiger partial charge in [0.25, 0.3) is 23.6 Å². The molecule has 0 saturated heterocycles. The second-order valence-electron chi connectivity index (χ2n) is 6.84. The van der Waals surface area contributed by atoms with E-state index in [-0.39, 0.29) is 0 Å². The molecule has 4 atom stereocenters. The number of aliphatic hydroxyl groups is 4. The monoisotopic (exact) mass is 408 g/mol. The number of primary amides is 4. The van der Waals surface area contributed by atoms with Crippen LogP contribution in [0.5, 0.6) is 0 Å². The fourth-order valence-corrected chi connectivity index (χ4v) is 2.45. The molecule has 0 fully saturated rings. The zero-order valence-electron chi connectivity index (χ0n) is 16.0. The van der Waals surface area contributed by atoms with Gasteiger partial charge in [-0.25, -0.2) is 9.80 Å². The first-order valence-corrected chi connectivity index (χ1v) is 7.89. The predicted octanol–water partition coefficient (Wildman–Crippen LogP) is -5.63. The summed E-state index contributed by atoms with van der Waals surface area (Å²) in [7, 11) is 0. The average molecular weight is 408 g/mol. The molecule has 14 nitrogen and oxygen atoms in total. The van der Waals surface area contributed by atoms with Crippen molar-refractivity contribution < 1.29 is 39.6 Å². The molecule has 0 heterocycles. The lowest BCUT2D eigenvalue weighted by atomic mass is 10.0. The zero-order valence-corrected chi connectivity index (χ0v) is 16.0. The number of amides is 4. The Kier molecular flexibility index (Phi) is 7.27. The molecular weight excluding hydrogens is 380 g/mol. The van der Waals surface area contributed by atoms with E-state index in [0.717, 1.165) is 27.7 Å². The van der Waals surface area contributed by atoms with E-state index in [2.05, 4.69) is 0 Å². The first kappa shape index (κ1) is 25.6. The summed E-state index contributed by atoms with van der Waals surface area (Å²) >= 11 is 0. The Hall–Kier alpha value is -2.36. The second kappa shape index (κ2) is 7.94. The molecule has 0 radical (unpaired) electrons. The molecule has 4 unspecified atom stereocenters. The Morgan fingerprint density at radius 3 is 0.821 bits per heavy atom. The fourth-order valence-electron chi connectivity index (χ4n) is 2.45. The molecule has 14 heteroatoms. The maximum atomic E-state index is 11.6. The van der Waals surface area contributed by atoms with E-state index in [0.29, 0.717) is 9.80 Å². The summed E-state index contributed by atoms with van der Waals surface area (Å²) in [5, 5.41) is 41.3. The van der Waals surface area contributed by atoms with E-state index in [9.17, 15) is 39.6 Å². The first-order valence-electron chi connectivity index (χ1n) is 7.89. The van der Waals surface area contributed by atoms with Crippen LogP contribution >= 0.6 is 0 Å². The van der Waals surface area contributed by atoms with Gasteiger partial charge in [0.2, 0.25) is 0 Å².